The summed E-state index contributed by atoms with van der Waals surface area (Å²) in [7, 11) is 0. The highest BCUT2D eigenvalue weighted by Crippen LogP contribution is 2.29. The van der Waals surface area contributed by atoms with E-state index in [2.05, 4.69) is 6.58 Å². The maximum Gasteiger partial charge on any atom is 0.123 e. The molecule has 0 aromatic heterocycles. The van der Waals surface area contributed by atoms with Crippen molar-refractivity contribution in [2.24, 2.45) is 0 Å². The third-order valence-electron chi connectivity index (χ3n) is 2.47. The molecule has 2 aromatic carbocycles. The number of aliphatic hydroxyl groups is 1. The van der Waals surface area contributed by atoms with E-state index in [1.165, 1.54) is 0 Å². The molecule has 0 saturated heterocycles. The maximum atomic E-state index is 9.66. The second-order valence-electron chi connectivity index (χ2n) is 3.44. The van der Waals surface area contributed by atoms with Crippen LogP contribution in [0.4, 0.5) is 0 Å². The van der Waals surface area contributed by atoms with Crippen molar-refractivity contribution in [3.63, 3.8) is 0 Å². The number of phenols is 1. The van der Waals surface area contributed by atoms with Crippen LogP contribution in [-0.4, -0.2) is 16.8 Å². The van der Waals surface area contributed by atoms with Crippen LogP contribution in [0.15, 0.2) is 43.0 Å². The van der Waals surface area contributed by atoms with Gasteiger partial charge in [0.15, 0.2) is 0 Å². The molecule has 2 N–H and O–H groups in total. The Balaban J connectivity index is 2.77. The van der Waals surface area contributed by atoms with Crippen LogP contribution < -0.4 is 0 Å². The Morgan fingerprint density at radius 1 is 1.07 bits per heavy atom. The molecule has 2 nitrogen and oxygen atoms in total. The van der Waals surface area contributed by atoms with Crippen molar-refractivity contribution in [2.75, 3.05) is 6.61 Å². The number of hydrogen-bond donors (Lipinski definition) is 2. The number of aliphatic hydroxyl groups excluding tert-OH is 1. The Morgan fingerprint density at radius 2 is 1.73 bits per heavy atom. The van der Waals surface area contributed by atoms with Gasteiger partial charge in [-0.2, -0.15) is 0 Å². The third-order valence-corrected chi connectivity index (χ3v) is 2.47. The summed E-state index contributed by atoms with van der Waals surface area (Å²) < 4.78 is 0. The monoisotopic (exact) mass is 200 g/mol. The minimum Gasteiger partial charge on any atom is -0.507 e. The average molecular weight is 200 g/mol. The minimum absolute atomic E-state index is 0.0746. The third kappa shape index (κ3) is 1.60. The molecule has 0 amide bonds. The SMILES string of the molecule is C=C(CO)c1cccc2c(O)cccc12. The summed E-state index contributed by atoms with van der Waals surface area (Å²) in [4.78, 5) is 0. The zero-order valence-electron chi connectivity index (χ0n) is 8.27. The van der Waals surface area contributed by atoms with Gasteiger partial charge in [0, 0.05) is 5.39 Å². The normalized spacial score (nSPS) is 10.5. The van der Waals surface area contributed by atoms with Crippen LogP contribution in [-0.2, 0) is 0 Å². The molecule has 76 valence electrons. The Hall–Kier alpha value is -1.80. The van der Waals surface area contributed by atoms with Gasteiger partial charge in [0.1, 0.15) is 5.75 Å². The fourth-order valence-corrected chi connectivity index (χ4v) is 1.69. The lowest BCUT2D eigenvalue weighted by Crippen LogP contribution is -1.89. The van der Waals surface area contributed by atoms with Crippen LogP contribution in [0.1, 0.15) is 5.56 Å². The minimum atomic E-state index is -0.0746. The predicted octanol–water partition coefficient (Wildman–Crippen LogP) is 2.55. The molecule has 2 aromatic rings. The molecule has 2 heteroatoms. The Morgan fingerprint density at radius 3 is 2.47 bits per heavy atom. The highest BCUT2D eigenvalue weighted by Gasteiger charge is 2.05. The van der Waals surface area contributed by atoms with Crippen molar-refractivity contribution in [1.29, 1.82) is 0 Å². The van der Waals surface area contributed by atoms with Crippen molar-refractivity contribution in [3.05, 3.63) is 48.5 Å². The van der Waals surface area contributed by atoms with Gasteiger partial charge in [0.2, 0.25) is 0 Å². The fraction of sp³-hybridized carbons (Fsp3) is 0.0769. The number of rotatable bonds is 2. The molecule has 0 atom stereocenters. The van der Waals surface area contributed by atoms with Gasteiger partial charge in [0.25, 0.3) is 0 Å². The summed E-state index contributed by atoms with van der Waals surface area (Å²) in [6, 6.07) is 10.9. The van der Waals surface area contributed by atoms with Gasteiger partial charge in [-0.1, -0.05) is 36.9 Å². The smallest absolute Gasteiger partial charge is 0.123 e. The van der Waals surface area contributed by atoms with Gasteiger partial charge >= 0.3 is 0 Å². The molecule has 0 heterocycles. The summed E-state index contributed by atoms with van der Waals surface area (Å²) in [6.45, 7) is 3.72. The van der Waals surface area contributed by atoms with Gasteiger partial charge in [-0.3, -0.25) is 0 Å². The first-order valence-corrected chi connectivity index (χ1v) is 4.73. The van der Waals surface area contributed by atoms with Crippen molar-refractivity contribution < 1.29 is 10.2 Å². The first-order valence-electron chi connectivity index (χ1n) is 4.73. The van der Waals surface area contributed by atoms with Crippen molar-refractivity contribution in [3.8, 4) is 5.75 Å². The lowest BCUT2D eigenvalue weighted by atomic mass is 9.99. The first-order chi connectivity index (χ1) is 7.24. The summed E-state index contributed by atoms with van der Waals surface area (Å²) in [6.07, 6.45) is 0. The Bertz CT molecular complexity index is 515. The van der Waals surface area contributed by atoms with Crippen LogP contribution in [0.2, 0.25) is 0 Å². The van der Waals surface area contributed by atoms with E-state index in [1.54, 1.807) is 12.1 Å². The second kappa shape index (κ2) is 3.75. The number of aromatic hydroxyl groups is 1. The largest absolute Gasteiger partial charge is 0.507 e. The summed E-state index contributed by atoms with van der Waals surface area (Å²) >= 11 is 0. The Labute approximate surface area is 88.1 Å². The van der Waals surface area contributed by atoms with E-state index in [9.17, 15) is 5.11 Å². The molecule has 0 fully saturated rings. The van der Waals surface area contributed by atoms with Crippen molar-refractivity contribution in [2.45, 2.75) is 0 Å². The average Bonchev–Trinajstić information content (AvgIpc) is 2.28. The van der Waals surface area contributed by atoms with Crippen LogP contribution in [0.5, 0.6) is 5.75 Å². The van der Waals surface area contributed by atoms with Crippen LogP contribution >= 0.6 is 0 Å². The molecule has 0 saturated carbocycles. The summed E-state index contributed by atoms with van der Waals surface area (Å²) in [5.41, 5.74) is 1.54. The van der Waals surface area contributed by atoms with Crippen LogP contribution in [0, 0.1) is 0 Å². The van der Waals surface area contributed by atoms with Gasteiger partial charge in [-0.25, -0.2) is 0 Å². The Kier molecular flexibility index (Phi) is 2.44. The highest BCUT2D eigenvalue weighted by atomic mass is 16.3. The molecule has 0 radical (unpaired) electrons. The van der Waals surface area contributed by atoms with Gasteiger partial charge in [-0.15, -0.1) is 0 Å². The van der Waals surface area contributed by atoms with E-state index in [0.717, 1.165) is 16.3 Å². The topological polar surface area (TPSA) is 40.5 Å². The highest BCUT2D eigenvalue weighted by molar-refractivity contribution is 5.96. The number of fused-ring (bicyclic) bond motifs is 1. The predicted molar refractivity (Wildman–Crippen MR) is 61.7 cm³/mol. The molecule has 0 unspecified atom stereocenters. The standard InChI is InChI=1S/C13H12O2/c1-9(8-14)10-4-2-6-12-11(10)5-3-7-13(12)15/h2-7,14-15H,1,8H2. The molecule has 0 spiro atoms. The van der Waals surface area contributed by atoms with Crippen LogP contribution in [0.25, 0.3) is 16.3 Å². The molecule has 15 heavy (non-hydrogen) atoms. The second-order valence-corrected chi connectivity index (χ2v) is 3.44. The van der Waals surface area contributed by atoms with Gasteiger partial charge in [-0.05, 0) is 22.6 Å². The molecule has 0 aliphatic carbocycles. The summed E-state index contributed by atoms with van der Waals surface area (Å²) in [5, 5.41) is 20.4. The lowest BCUT2D eigenvalue weighted by Gasteiger charge is -2.08. The van der Waals surface area contributed by atoms with E-state index in [1.807, 2.05) is 24.3 Å². The van der Waals surface area contributed by atoms with E-state index in [0.29, 0.717) is 5.57 Å². The molecular formula is C13H12O2. The molecule has 0 aliphatic heterocycles. The van der Waals surface area contributed by atoms with Gasteiger partial charge in [0.05, 0.1) is 6.61 Å². The lowest BCUT2D eigenvalue weighted by molar-refractivity contribution is 0.350. The van der Waals surface area contributed by atoms with Crippen molar-refractivity contribution in [1.82, 2.24) is 0 Å². The zero-order valence-corrected chi connectivity index (χ0v) is 8.27. The molecular weight excluding hydrogens is 188 g/mol. The van der Waals surface area contributed by atoms with E-state index in [-0.39, 0.29) is 12.4 Å². The quantitative estimate of drug-likeness (QED) is 0.782. The van der Waals surface area contributed by atoms with E-state index in [4.69, 9.17) is 5.11 Å². The fourth-order valence-electron chi connectivity index (χ4n) is 1.69. The maximum absolute atomic E-state index is 9.66. The van der Waals surface area contributed by atoms with Crippen molar-refractivity contribution >= 4 is 16.3 Å². The number of benzene rings is 2. The van der Waals surface area contributed by atoms with Crippen LogP contribution in [0.3, 0.4) is 0 Å². The van der Waals surface area contributed by atoms with E-state index < -0.39 is 0 Å². The van der Waals surface area contributed by atoms with E-state index >= 15 is 0 Å². The number of phenolic OH excluding ortho intramolecular Hbond substituents is 1. The molecule has 0 aliphatic rings. The molecule has 0 bridgehead atoms. The zero-order chi connectivity index (χ0) is 10.8. The van der Waals surface area contributed by atoms with Gasteiger partial charge < -0.3 is 10.2 Å². The first kappa shape index (κ1) is 9.74. The number of hydrogen-bond acceptors (Lipinski definition) is 2. The molecule has 2 rings (SSSR count). The summed E-state index contributed by atoms with van der Waals surface area (Å²) in [5.74, 6) is 0.250.